The smallest absolute Gasteiger partial charge is 0.198 e. The van der Waals surface area contributed by atoms with Gasteiger partial charge in [0.05, 0.1) is 19.7 Å². The van der Waals surface area contributed by atoms with E-state index in [1.165, 1.54) is 44.4 Å². The third kappa shape index (κ3) is 6.31. The van der Waals surface area contributed by atoms with Crippen molar-refractivity contribution in [3.8, 4) is 0 Å². The van der Waals surface area contributed by atoms with Crippen LogP contribution in [0.5, 0.6) is 0 Å². The van der Waals surface area contributed by atoms with Crippen LogP contribution >= 0.6 is 0 Å². The number of aliphatic hydroxyl groups is 1. The summed E-state index contributed by atoms with van der Waals surface area (Å²) < 4.78 is 0.918. The Kier molecular flexibility index (Phi) is 9.60. The highest BCUT2D eigenvalue weighted by molar-refractivity contribution is 5.77. The lowest BCUT2D eigenvalue weighted by atomic mass is 10.1. The van der Waals surface area contributed by atoms with E-state index in [1.807, 2.05) is 0 Å². The van der Waals surface area contributed by atoms with Gasteiger partial charge < -0.3 is 5.11 Å². The van der Waals surface area contributed by atoms with Crippen LogP contribution in [0.1, 0.15) is 65.2 Å². The molecule has 0 spiro atoms. The molecule has 0 aromatic carbocycles. The molecule has 1 heterocycles. The summed E-state index contributed by atoms with van der Waals surface area (Å²) in [7, 11) is 0. The number of aliphatic hydroxyl groups excluding tert-OH is 1. The van der Waals surface area contributed by atoms with Crippen LogP contribution in [-0.2, 0) is 0 Å². The van der Waals surface area contributed by atoms with Crippen LogP contribution in [0.2, 0.25) is 0 Å². The van der Waals surface area contributed by atoms with Crippen molar-refractivity contribution in [3.63, 3.8) is 0 Å². The Morgan fingerprint density at radius 3 is 2.57 bits per heavy atom. The van der Waals surface area contributed by atoms with E-state index >= 15 is 0 Å². The highest BCUT2D eigenvalue weighted by atomic mass is 16.3. The molecule has 0 aromatic rings. The quantitative estimate of drug-likeness (QED) is 0.330. The molecule has 0 aromatic heterocycles. The van der Waals surface area contributed by atoms with Gasteiger partial charge in [-0.2, -0.15) is 0 Å². The van der Waals surface area contributed by atoms with Crippen LogP contribution in [0, 0.1) is 0 Å². The zero-order valence-corrected chi connectivity index (χ0v) is 14.2. The van der Waals surface area contributed by atoms with Crippen LogP contribution in [0.4, 0.5) is 0 Å². The first-order valence-corrected chi connectivity index (χ1v) is 8.95. The van der Waals surface area contributed by atoms with Crippen molar-refractivity contribution in [3.05, 3.63) is 12.2 Å². The molecule has 0 saturated heterocycles. The Morgan fingerprint density at radius 1 is 1.10 bits per heavy atom. The van der Waals surface area contributed by atoms with Crippen molar-refractivity contribution >= 4 is 5.84 Å². The average molecular weight is 295 g/mol. The summed E-state index contributed by atoms with van der Waals surface area (Å²) in [6.07, 6.45) is 14.8. The van der Waals surface area contributed by atoms with Crippen LogP contribution in [0.3, 0.4) is 0 Å². The number of nitrogens with zero attached hydrogens (tertiary/aromatic N) is 2. The fourth-order valence-corrected chi connectivity index (χ4v) is 3.21. The predicted molar refractivity (Wildman–Crippen MR) is 91.7 cm³/mol. The average Bonchev–Trinajstić information content (AvgIpc) is 2.89. The Morgan fingerprint density at radius 2 is 1.86 bits per heavy atom. The minimum atomic E-state index is 0.264. The number of allylic oxidation sites excluding steroid dienone is 2. The van der Waals surface area contributed by atoms with Gasteiger partial charge in [-0.15, -0.1) is 0 Å². The molecular formula is C18H35N2O+. The number of rotatable bonds is 12. The van der Waals surface area contributed by atoms with Crippen LogP contribution in [-0.4, -0.2) is 48.2 Å². The SMILES string of the molecule is CCCCCCC/C=C/CCC1=NCC[N+]1(CC)CCO. The first-order valence-electron chi connectivity index (χ1n) is 8.95. The molecule has 1 aliphatic rings. The van der Waals surface area contributed by atoms with Crippen molar-refractivity contribution < 1.29 is 9.59 Å². The summed E-state index contributed by atoms with van der Waals surface area (Å²) in [6, 6.07) is 0. The van der Waals surface area contributed by atoms with Crippen LogP contribution < -0.4 is 0 Å². The molecule has 1 unspecified atom stereocenters. The van der Waals surface area contributed by atoms with E-state index in [-0.39, 0.29) is 6.61 Å². The molecule has 21 heavy (non-hydrogen) atoms. The summed E-state index contributed by atoms with van der Waals surface area (Å²) in [4.78, 5) is 4.69. The highest BCUT2D eigenvalue weighted by Gasteiger charge is 2.35. The molecule has 0 saturated carbocycles. The van der Waals surface area contributed by atoms with E-state index in [1.54, 1.807) is 0 Å². The van der Waals surface area contributed by atoms with E-state index in [0.717, 1.165) is 43.5 Å². The number of quaternary nitrogens is 1. The van der Waals surface area contributed by atoms with Gasteiger partial charge in [0.15, 0.2) is 5.84 Å². The maximum absolute atomic E-state index is 9.29. The molecule has 3 nitrogen and oxygen atoms in total. The Hall–Kier alpha value is -0.670. The van der Waals surface area contributed by atoms with Crippen molar-refractivity contribution in [2.24, 2.45) is 4.99 Å². The molecule has 1 rings (SSSR count). The largest absolute Gasteiger partial charge is 0.390 e. The molecule has 1 aliphatic heterocycles. The van der Waals surface area contributed by atoms with Gasteiger partial charge in [-0.1, -0.05) is 44.8 Å². The van der Waals surface area contributed by atoms with Crippen LogP contribution in [0.15, 0.2) is 17.1 Å². The lowest BCUT2D eigenvalue weighted by Crippen LogP contribution is -2.52. The van der Waals surface area contributed by atoms with Gasteiger partial charge in [-0.05, 0) is 26.2 Å². The third-order valence-corrected chi connectivity index (χ3v) is 4.68. The molecule has 0 bridgehead atoms. The first-order chi connectivity index (χ1) is 10.3. The number of amidine groups is 1. The van der Waals surface area contributed by atoms with E-state index < -0.39 is 0 Å². The summed E-state index contributed by atoms with van der Waals surface area (Å²) in [5, 5.41) is 9.29. The Balaban J connectivity index is 2.19. The molecule has 3 heteroatoms. The standard InChI is InChI=1S/C18H35N2O/c1-3-5-6-7-8-9-10-11-12-13-18-19-14-15-20(18,4-2)16-17-21/h10-11,21H,3-9,12-17H2,1-2H3/q+1/b11-10+. The topological polar surface area (TPSA) is 32.6 Å². The van der Waals surface area contributed by atoms with Gasteiger partial charge in [0.25, 0.3) is 0 Å². The van der Waals surface area contributed by atoms with Crippen molar-refractivity contribution in [1.29, 1.82) is 0 Å². The van der Waals surface area contributed by atoms with Crippen molar-refractivity contribution in [1.82, 2.24) is 0 Å². The summed E-state index contributed by atoms with van der Waals surface area (Å²) in [5.74, 6) is 1.30. The van der Waals surface area contributed by atoms with E-state index in [0.29, 0.717) is 0 Å². The van der Waals surface area contributed by atoms with E-state index in [4.69, 9.17) is 4.99 Å². The first kappa shape index (κ1) is 18.4. The molecule has 0 radical (unpaired) electrons. The van der Waals surface area contributed by atoms with Gasteiger partial charge in [0.2, 0.25) is 0 Å². The van der Waals surface area contributed by atoms with Gasteiger partial charge in [-0.25, -0.2) is 4.99 Å². The second-order valence-corrected chi connectivity index (χ2v) is 6.14. The number of unbranched alkanes of at least 4 members (excludes halogenated alkanes) is 5. The molecular weight excluding hydrogens is 260 g/mol. The fraction of sp³-hybridized carbons (Fsp3) is 0.833. The minimum absolute atomic E-state index is 0.264. The van der Waals surface area contributed by atoms with E-state index in [9.17, 15) is 5.11 Å². The number of likely N-dealkylation sites (N-methyl/N-ethyl adjacent to an activating group) is 1. The summed E-state index contributed by atoms with van der Waals surface area (Å²) in [6.45, 7) is 8.63. The molecule has 122 valence electrons. The third-order valence-electron chi connectivity index (χ3n) is 4.68. The minimum Gasteiger partial charge on any atom is -0.390 e. The van der Waals surface area contributed by atoms with Gasteiger partial charge in [0.1, 0.15) is 13.1 Å². The lowest BCUT2D eigenvalue weighted by Gasteiger charge is -2.32. The second-order valence-electron chi connectivity index (χ2n) is 6.14. The molecule has 1 atom stereocenters. The molecule has 1 N–H and O–H groups in total. The lowest BCUT2D eigenvalue weighted by molar-refractivity contribution is -0.835. The Labute approximate surface area is 131 Å². The van der Waals surface area contributed by atoms with Gasteiger partial charge in [-0.3, -0.25) is 4.48 Å². The Bertz CT molecular complexity index is 325. The summed E-state index contributed by atoms with van der Waals surface area (Å²) >= 11 is 0. The maximum Gasteiger partial charge on any atom is 0.198 e. The highest BCUT2D eigenvalue weighted by Crippen LogP contribution is 2.18. The zero-order valence-electron chi connectivity index (χ0n) is 14.2. The van der Waals surface area contributed by atoms with Crippen molar-refractivity contribution in [2.75, 3.05) is 32.8 Å². The number of hydrogen-bond acceptors (Lipinski definition) is 2. The molecule has 0 aliphatic carbocycles. The predicted octanol–water partition coefficient (Wildman–Crippen LogP) is 3.92. The fourth-order valence-electron chi connectivity index (χ4n) is 3.21. The molecule has 0 fully saturated rings. The van der Waals surface area contributed by atoms with Gasteiger partial charge in [0, 0.05) is 6.42 Å². The number of hydrogen-bond donors (Lipinski definition) is 1. The normalized spacial score (nSPS) is 22.1. The monoisotopic (exact) mass is 295 g/mol. The zero-order chi connectivity index (χ0) is 15.4. The van der Waals surface area contributed by atoms with Gasteiger partial charge >= 0.3 is 0 Å². The maximum atomic E-state index is 9.29. The summed E-state index contributed by atoms with van der Waals surface area (Å²) in [5.41, 5.74) is 0. The molecule has 0 amide bonds. The number of aliphatic imine (C=N–C) groups is 1. The van der Waals surface area contributed by atoms with E-state index in [2.05, 4.69) is 26.0 Å². The van der Waals surface area contributed by atoms with Crippen molar-refractivity contribution in [2.45, 2.75) is 65.2 Å². The van der Waals surface area contributed by atoms with Crippen LogP contribution in [0.25, 0.3) is 0 Å². The second kappa shape index (κ2) is 11.0.